The SMILES string of the molecule is CCC(C)C(NC(=O)C(N)CC(N)=O)C(=O)NC(C(=O)NC(CCCN=C(N)N)C(=O)O)C(C)O. The van der Waals surface area contributed by atoms with Gasteiger partial charge < -0.3 is 49.1 Å². The van der Waals surface area contributed by atoms with Crippen LogP contribution in [-0.2, 0) is 24.0 Å². The molecule has 0 aliphatic rings. The van der Waals surface area contributed by atoms with Crippen LogP contribution in [0.1, 0.15) is 46.5 Å². The molecule has 0 saturated carbocycles. The van der Waals surface area contributed by atoms with Crippen molar-refractivity contribution in [1.29, 1.82) is 0 Å². The zero-order valence-electron chi connectivity index (χ0n) is 20.2. The number of carboxylic acid groups (broad SMARTS) is 1. The van der Waals surface area contributed by atoms with E-state index in [-0.39, 0.29) is 25.3 Å². The highest BCUT2D eigenvalue weighted by molar-refractivity contribution is 5.95. The highest BCUT2D eigenvalue weighted by Crippen LogP contribution is 2.10. The Morgan fingerprint density at radius 1 is 0.914 bits per heavy atom. The molecule has 35 heavy (non-hydrogen) atoms. The molecule has 0 aromatic carbocycles. The number of hydrogen-bond acceptors (Lipinski definition) is 8. The molecule has 0 aliphatic heterocycles. The van der Waals surface area contributed by atoms with Gasteiger partial charge in [0.15, 0.2) is 5.96 Å². The second-order valence-electron chi connectivity index (χ2n) is 8.22. The molecule has 0 saturated heterocycles. The van der Waals surface area contributed by atoms with Crippen LogP contribution in [-0.4, -0.2) is 82.6 Å². The number of primary amides is 1. The van der Waals surface area contributed by atoms with Crippen LogP contribution in [0.4, 0.5) is 0 Å². The zero-order chi connectivity index (χ0) is 27.3. The molecule has 0 rings (SSSR count). The fraction of sp³-hybridized carbons (Fsp3) is 0.700. The van der Waals surface area contributed by atoms with Crippen molar-refractivity contribution in [3.8, 4) is 0 Å². The third-order valence-corrected chi connectivity index (χ3v) is 5.17. The topological polar surface area (TPSA) is 278 Å². The number of carboxylic acids is 1. The maximum atomic E-state index is 12.9. The molecule has 0 aliphatic carbocycles. The summed E-state index contributed by atoms with van der Waals surface area (Å²) < 4.78 is 0. The van der Waals surface area contributed by atoms with Crippen molar-refractivity contribution in [1.82, 2.24) is 16.0 Å². The lowest BCUT2D eigenvalue weighted by molar-refractivity contribution is -0.143. The lowest BCUT2D eigenvalue weighted by atomic mass is 9.97. The molecule has 0 aromatic heterocycles. The van der Waals surface area contributed by atoms with Gasteiger partial charge in [-0.25, -0.2) is 4.79 Å². The fourth-order valence-electron chi connectivity index (χ4n) is 2.94. The summed E-state index contributed by atoms with van der Waals surface area (Å²) in [6.45, 7) is 4.81. The first-order chi connectivity index (χ1) is 16.2. The number of guanidine groups is 1. The van der Waals surface area contributed by atoms with E-state index < -0.39 is 72.2 Å². The van der Waals surface area contributed by atoms with Crippen molar-refractivity contribution < 1.29 is 34.2 Å². The lowest BCUT2D eigenvalue weighted by Gasteiger charge is -2.28. The Bertz CT molecular complexity index is 785. The van der Waals surface area contributed by atoms with E-state index in [1.54, 1.807) is 13.8 Å². The molecule has 0 aromatic rings. The van der Waals surface area contributed by atoms with Gasteiger partial charge in [0.25, 0.3) is 0 Å². The molecular weight excluding hydrogens is 464 g/mol. The van der Waals surface area contributed by atoms with Crippen LogP contribution >= 0.6 is 0 Å². The van der Waals surface area contributed by atoms with Crippen molar-refractivity contribution in [2.75, 3.05) is 6.54 Å². The van der Waals surface area contributed by atoms with Crippen molar-refractivity contribution in [3.05, 3.63) is 0 Å². The summed E-state index contributed by atoms with van der Waals surface area (Å²) >= 11 is 0. The van der Waals surface area contributed by atoms with Gasteiger partial charge in [-0.3, -0.25) is 24.2 Å². The number of carbonyl (C=O) groups excluding carboxylic acids is 4. The van der Waals surface area contributed by atoms with Gasteiger partial charge in [0.05, 0.1) is 18.6 Å². The van der Waals surface area contributed by atoms with Gasteiger partial charge in [-0.1, -0.05) is 20.3 Å². The Balaban J connectivity index is 5.43. The third-order valence-electron chi connectivity index (χ3n) is 5.17. The summed E-state index contributed by atoms with van der Waals surface area (Å²) in [4.78, 5) is 64.2. The fourth-order valence-corrected chi connectivity index (χ4v) is 2.94. The molecule has 0 heterocycles. The van der Waals surface area contributed by atoms with Crippen molar-refractivity contribution >= 4 is 35.6 Å². The number of aliphatic hydroxyl groups is 1. The van der Waals surface area contributed by atoms with E-state index in [4.69, 9.17) is 22.9 Å². The Kier molecular flexibility index (Phi) is 13.9. The summed E-state index contributed by atoms with van der Waals surface area (Å²) in [5.74, 6) is -5.24. The number of rotatable bonds is 16. The number of carbonyl (C=O) groups is 5. The number of aliphatic hydroxyl groups excluding tert-OH is 1. The van der Waals surface area contributed by atoms with E-state index in [0.717, 1.165) is 0 Å². The molecule has 0 bridgehead atoms. The molecule has 200 valence electrons. The minimum absolute atomic E-state index is 0.0123. The summed E-state index contributed by atoms with van der Waals surface area (Å²) in [6, 6.07) is -5.29. The minimum atomic E-state index is -1.52. The van der Waals surface area contributed by atoms with Crippen LogP contribution in [0.5, 0.6) is 0 Å². The average Bonchev–Trinajstić information content (AvgIpc) is 2.75. The van der Waals surface area contributed by atoms with E-state index in [9.17, 15) is 34.2 Å². The number of hydrogen-bond donors (Lipinski definition) is 9. The van der Waals surface area contributed by atoms with Crippen molar-refractivity contribution in [2.24, 2.45) is 33.8 Å². The van der Waals surface area contributed by atoms with Crippen LogP contribution in [0.25, 0.3) is 0 Å². The van der Waals surface area contributed by atoms with Crippen LogP contribution in [0.15, 0.2) is 4.99 Å². The predicted octanol–water partition coefficient (Wildman–Crippen LogP) is -3.79. The molecule has 4 amide bonds. The maximum absolute atomic E-state index is 12.9. The first kappa shape index (κ1) is 31.5. The summed E-state index contributed by atoms with van der Waals surface area (Å²) in [7, 11) is 0. The number of nitrogens with one attached hydrogen (secondary N) is 3. The zero-order valence-corrected chi connectivity index (χ0v) is 20.2. The lowest BCUT2D eigenvalue weighted by Crippen LogP contribution is -2.61. The number of aliphatic carboxylic acids is 1. The van der Waals surface area contributed by atoms with E-state index in [2.05, 4.69) is 20.9 Å². The van der Waals surface area contributed by atoms with E-state index in [1.807, 2.05) is 0 Å². The molecule has 15 heteroatoms. The van der Waals surface area contributed by atoms with E-state index in [0.29, 0.717) is 6.42 Å². The molecule has 0 fully saturated rings. The summed E-state index contributed by atoms with van der Waals surface area (Å²) in [6.07, 6.45) is -1.15. The quantitative estimate of drug-likeness (QED) is 0.0563. The van der Waals surface area contributed by atoms with Crippen molar-refractivity contribution in [3.63, 3.8) is 0 Å². The van der Waals surface area contributed by atoms with E-state index >= 15 is 0 Å². The van der Waals surface area contributed by atoms with Gasteiger partial charge in [-0.15, -0.1) is 0 Å². The summed E-state index contributed by atoms with van der Waals surface area (Å²) in [5, 5.41) is 26.5. The van der Waals surface area contributed by atoms with Gasteiger partial charge in [0.2, 0.25) is 23.6 Å². The maximum Gasteiger partial charge on any atom is 0.326 e. The molecular formula is C20H38N8O7. The first-order valence-electron chi connectivity index (χ1n) is 11.1. The third kappa shape index (κ3) is 12.0. The number of nitrogens with zero attached hydrogens (tertiary/aromatic N) is 1. The Labute approximate surface area is 203 Å². The number of amides is 4. The standard InChI is InChI=1S/C20H38N8O7/c1-4-9(2)14(27-16(31)11(21)8-13(22)30)17(32)28-15(10(3)29)18(33)26-12(19(34)35)6-5-7-25-20(23)24/h9-12,14-15,29H,4-8,21H2,1-3H3,(H2,22,30)(H,26,33)(H,27,31)(H,28,32)(H,34,35)(H4,23,24,25). The summed E-state index contributed by atoms with van der Waals surface area (Å²) in [5.41, 5.74) is 21.1. The second-order valence-corrected chi connectivity index (χ2v) is 8.22. The van der Waals surface area contributed by atoms with Gasteiger partial charge in [-0.2, -0.15) is 0 Å². The second kappa shape index (κ2) is 15.4. The molecule has 15 nitrogen and oxygen atoms in total. The monoisotopic (exact) mass is 502 g/mol. The van der Waals surface area contributed by atoms with Gasteiger partial charge in [-0.05, 0) is 25.7 Å². The Morgan fingerprint density at radius 3 is 1.91 bits per heavy atom. The minimum Gasteiger partial charge on any atom is -0.480 e. The predicted molar refractivity (Wildman–Crippen MR) is 126 cm³/mol. The molecule has 6 atom stereocenters. The van der Waals surface area contributed by atoms with Crippen LogP contribution in [0.2, 0.25) is 0 Å². The number of nitrogens with two attached hydrogens (primary N) is 4. The van der Waals surface area contributed by atoms with Gasteiger partial charge in [0.1, 0.15) is 18.1 Å². The van der Waals surface area contributed by atoms with Gasteiger partial charge in [0, 0.05) is 6.54 Å². The van der Waals surface area contributed by atoms with Crippen molar-refractivity contribution in [2.45, 2.75) is 76.7 Å². The van der Waals surface area contributed by atoms with Crippen LogP contribution in [0, 0.1) is 5.92 Å². The highest BCUT2D eigenvalue weighted by atomic mass is 16.4. The highest BCUT2D eigenvalue weighted by Gasteiger charge is 2.34. The molecule has 6 unspecified atom stereocenters. The Morgan fingerprint density at radius 2 is 1.46 bits per heavy atom. The largest absolute Gasteiger partial charge is 0.480 e. The molecule has 0 spiro atoms. The van der Waals surface area contributed by atoms with Crippen LogP contribution < -0.4 is 38.9 Å². The average molecular weight is 503 g/mol. The first-order valence-corrected chi connectivity index (χ1v) is 11.1. The molecule has 13 N–H and O–H groups in total. The van der Waals surface area contributed by atoms with E-state index in [1.165, 1.54) is 6.92 Å². The number of aliphatic imine (C=N–C) groups is 1. The molecule has 0 radical (unpaired) electrons. The van der Waals surface area contributed by atoms with Crippen LogP contribution in [0.3, 0.4) is 0 Å². The normalized spacial score (nSPS) is 15.9. The Hall–Kier alpha value is -3.46. The smallest absolute Gasteiger partial charge is 0.326 e. The van der Waals surface area contributed by atoms with Gasteiger partial charge >= 0.3 is 5.97 Å².